The summed E-state index contributed by atoms with van der Waals surface area (Å²) < 4.78 is 2.37. The van der Waals surface area contributed by atoms with Crippen molar-refractivity contribution in [2.45, 2.75) is 57.4 Å². The second-order valence-corrected chi connectivity index (χ2v) is 5.84. The third kappa shape index (κ3) is 2.74. The third-order valence-electron chi connectivity index (χ3n) is 4.53. The Kier molecular flexibility index (Phi) is 3.93. The van der Waals surface area contributed by atoms with Crippen LogP contribution in [-0.2, 0) is 6.42 Å². The minimum Gasteiger partial charge on any atom is -0.317 e. The van der Waals surface area contributed by atoms with E-state index < -0.39 is 0 Å². The molecular formula is C14H24N4. The Morgan fingerprint density at radius 1 is 1.11 bits per heavy atom. The fourth-order valence-corrected chi connectivity index (χ4v) is 3.45. The standard InChI is InChI=1S/C14H24N4/c1-2-6-13(5-1)18-11-16-17-14(18)10-12-4-3-8-15-9-7-12/h11-13,15H,1-10H2. The zero-order chi connectivity index (χ0) is 12.2. The fraction of sp³-hybridized carbons (Fsp3) is 0.857. The summed E-state index contributed by atoms with van der Waals surface area (Å²) in [4.78, 5) is 0. The Bertz CT molecular complexity index is 360. The first-order valence-corrected chi connectivity index (χ1v) is 7.52. The molecule has 0 amide bonds. The number of nitrogens with one attached hydrogen (secondary N) is 1. The predicted molar refractivity (Wildman–Crippen MR) is 71.4 cm³/mol. The molecule has 2 aliphatic rings. The van der Waals surface area contributed by atoms with Crippen molar-refractivity contribution in [1.82, 2.24) is 20.1 Å². The van der Waals surface area contributed by atoms with E-state index in [1.54, 1.807) is 0 Å². The first kappa shape index (κ1) is 12.2. The highest BCUT2D eigenvalue weighted by atomic mass is 15.3. The quantitative estimate of drug-likeness (QED) is 0.892. The van der Waals surface area contributed by atoms with Crippen molar-refractivity contribution in [3.63, 3.8) is 0 Å². The molecule has 1 aromatic heterocycles. The van der Waals surface area contributed by atoms with Crippen LogP contribution >= 0.6 is 0 Å². The minimum absolute atomic E-state index is 0.680. The highest BCUT2D eigenvalue weighted by Gasteiger charge is 2.22. The van der Waals surface area contributed by atoms with Crippen LogP contribution in [0.3, 0.4) is 0 Å². The number of aromatic nitrogens is 3. The van der Waals surface area contributed by atoms with Crippen molar-refractivity contribution >= 4 is 0 Å². The minimum atomic E-state index is 0.680. The molecule has 0 aromatic carbocycles. The molecule has 2 heterocycles. The third-order valence-corrected chi connectivity index (χ3v) is 4.53. The number of rotatable bonds is 3. The summed E-state index contributed by atoms with van der Waals surface area (Å²) in [6.07, 6.45) is 12.4. The summed E-state index contributed by atoms with van der Waals surface area (Å²) in [5, 5.41) is 12.0. The molecule has 3 rings (SSSR count). The molecule has 1 aliphatic carbocycles. The van der Waals surface area contributed by atoms with E-state index in [0.29, 0.717) is 6.04 Å². The van der Waals surface area contributed by atoms with Crippen LogP contribution in [0.1, 0.15) is 56.8 Å². The Labute approximate surface area is 109 Å². The zero-order valence-corrected chi connectivity index (χ0v) is 11.1. The van der Waals surface area contributed by atoms with Crippen molar-refractivity contribution in [3.05, 3.63) is 12.2 Å². The summed E-state index contributed by atoms with van der Waals surface area (Å²) in [5.41, 5.74) is 0. The van der Waals surface area contributed by atoms with E-state index in [2.05, 4.69) is 20.1 Å². The van der Waals surface area contributed by atoms with Gasteiger partial charge in [-0.05, 0) is 51.1 Å². The largest absolute Gasteiger partial charge is 0.317 e. The van der Waals surface area contributed by atoms with Gasteiger partial charge in [-0.3, -0.25) is 0 Å². The molecule has 1 aliphatic heterocycles. The summed E-state index contributed by atoms with van der Waals surface area (Å²) in [5.74, 6) is 2.03. The van der Waals surface area contributed by atoms with E-state index in [1.165, 1.54) is 63.9 Å². The van der Waals surface area contributed by atoms with Crippen molar-refractivity contribution in [2.24, 2.45) is 5.92 Å². The number of hydrogen-bond donors (Lipinski definition) is 1. The lowest BCUT2D eigenvalue weighted by Crippen LogP contribution is -2.16. The smallest absolute Gasteiger partial charge is 0.133 e. The molecule has 0 radical (unpaired) electrons. The van der Waals surface area contributed by atoms with Crippen LogP contribution < -0.4 is 5.32 Å². The van der Waals surface area contributed by atoms with Crippen LogP contribution in [0.15, 0.2) is 6.33 Å². The molecule has 1 N–H and O–H groups in total. The first-order chi connectivity index (χ1) is 8.93. The molecule has 0 bridgehead atoms. The second kappa shape index (κ2) is 5.83. The van der Waals surface area contributed by atoms with E-state index in [1.807, 2.05) is 6.33 Å². The van der Waals surface area contributed by atoms with Gasteiger partial charge in [0.15, 0.2) is 0 Å². The van der Waals surface area contributed by atoms with Gasteiger partial charge in [-0.1, -0.05) is 12.8 Å². The average molecular weight is 248 g/mol. The van der Waals surface area contributed by atoms with Gasteiger partial charge in [-0.25, -0.2) is 0 Å². The Hall–Kier alpha value is -0.900. The number of nitrogens with zero attached hydrogens (tertiary/aromatic N) is 3. The van der Waals surface area contributed by atoms with Gasteiger partial charge in [0.05, 0.1) is 0 Å². The highest BCUT2D eigenvalue weighted by molar-refractivity contribution is 4.93. The van der Waals surface area contributed by atoms with Crippen LogP contribution in [-0.4, -0.2) is 27.9 Å². The molecule has 4 heteroatoms. The molecule has 1 aromatic rings. The molecular weight excluding hydrogens is 224 g/mol. The maximum atomic E-state index is 4.38. The van der Waals surface area contributed by atoms with Crippen LogP contribution in [0.25, 0.3) is 0 Å². The lowest BCUT2D eigenvalue weighted by atomic mass is 9.96. The molecule has 0 spiro atoms. The van der Waals surface area contributed by atoms with Gasteiger partial charge in [-0.2, -0.15) is 0 Å². The van der Waals surface area contributed by atoms with Gasteiger partial charge in [0.2, 0.25) is 0 Å². The fourth-order valence-electron chi connectivity index (χ4n) is 3.45. The van der Waals surface area contributed by atoms with Gasteiger partial charge in [-0.15, -0.1) is 10.2 Å². The maximum absolute atomic E-state index is 4.38. The van der Waals surface area contributed by atoms with E-state index in [-0.39, 0.29) is 0 Å². The summed E-state index contributed by atoms with van der Waals surface area (Å²) in [7, 11) is 0. The molecule has 2 fully saturated rings. The van der Waals surface area contributed by atoms with Crippen molar-refractivity contribution in [1.29, 1.82) is 0 Å². The number of hydrogen-bond acceptors (Lipinski definition) is 3. The van der Waals surface area contributed by atoms with Gasteiger partial charge in [0, 0.05) is 12.5 Å². The van der Waals surface area contributed by atoms with E-state index in [4.69, 9.17) is 0 Å². The van der Waals surface area contributed by atoms with Crippen LogP contribution in [0.5, 0.6) is 0 Å². The van der Waals surface area contributed by atoms with E-state index in [9.17, 15) is 0 Å². The van der Waals surface area contributed by atoms with Crippen LogP contribution in [0.4, 0.5) is 0 Å². The summed E-state index contributed by atoms with van der Waals surface area (Å²) in [6.45, 7) is 2.36. The van der Waals surface area contributed by atoms with Crippen molar-refractivity contribution in [2.75, 3.05) is 13.1 Å². The summed E-state index contributed by atoms with van der Waals surface area (Å²) >= 11 is 0. The Balaban J connectivity index is 1.66. The molecule has 100 valence electrons. The second-order valence-electron chi connectivity index (χ2n) is 5.84. The molecule has 18 heavy (non-hydrogen) atoms. The zero-order valence-electron chi connectivity index (χ0n) is 11.1. The summed E-state index contributed by atoms with van der Waals surface area (Å²) in [6, 6.07) is 0.680. The van der Waals surface area contributed by atoms with Gasteiger partial charge in [0.1, 0.15) is 12.2 Å². The lowest BCUT2D eigenvalue weighted by Gasteiger charge is -2.17. The molecule has 4 nitrogen and oxygen atoms in total. The van der Waals surface area contributed by atoms with E-state index in [0.717, 1.165) is 12.3 Å². The van der Waals surface area contributed by atoms with Gasteiger partial charge in [0.25, 0.3) is 0 Å². The van der Waals surface area contributed by atoms with Crippen LogP contribution in [0.2, 0.25) is 0 Å². The highest BCUT2D eigenvalue weighted by Crippen LogP contribution is 2.30. The Morgan fingerprint density at radius 2 is 2.00 bits per heavy atom. The SMILES string of the molecule is c1nnc(CC2CCCNCC2)n1C1CCCC1. The first-order valence-electron chi connectivity index (χ1n) is 7.52. The monoisotopic (exact) mass is 248 g/mol. The molecule has 1 saturated heterocycles. The molecule has 1 saturated carbocycles. The van der Waals surface area contributed by atoms with Gasteiger partial charge < -0.3 is 9.88 Å². The van der Waals surface area contributed by atoms with Crippen molar-refractivity contribution in [3.8, 4) is 0 Å². The topological polar surface area (TPSA) is 42.7 Å². The molecule has 1 unspecified atom stereocenters. The molecule has 1 atom stereocenters. The van der Waals surface area contributed by atoms with Crippen LogP contribution in [0, 0.1) is 5.92 Å². The normalized spacial score (nSPS) is 26.3. The predicted octanol–water partition coefficient (Wildman–Crippen LogP) is 2.33. The average Bonchev–Trinajstić information content (AvgIpc) is 2.97. The van der Waals surface area contributed by atoms with Crippen molar-refractivity contribution < 1.29 is 0 Å². The maximum Gasteiger partial charge on any atom is 0.133 e. The van der Waals surface area contributed by atoms with E-state index >= 15 is 0 Å². The van der Waals surface area contributed by atoms with Gasteiger partial charge >= 0.3 is 0 Å². The Morgan fingerprint density at radius 3 is 2.89 bits per heavy atom. The lowest BCUT2D eigenvalue weighted by molar-refractivity contribution is 0.426.